The van der Waals surface area contributed by atoms with Gasteiger partial charge in [0.15, 0.2) is 0 Å². The van der Waals surface area contributed by atoms with Gasteiger partial charge >= 0.3 is 0 Å². The number of nitrogen functional groups attached to an aromatic ring is 1. The van der Waals surface area contributed by atoms with Crippen LogP contribution in [0.2, 0.25) is 0 Å². The molecule has 0 bridgehead atoms. The Morgan fingerprint density at radius 2 is 2.41 bits per heavy atom. The number of carbonyl (C=O) groups is 1. The molecule has 1 aromatic rings. The van der Waals surface area contributed by atoms with E-state index in [1.54, 1.807) is 12.1 Å². The summed E-state index contributed by atoms with van der Waals surface area (Å²) in [4.78, 5) is 13.2. The number of hydrogen-bond acceptors (Lipinski definition) is 5. The molecule has 0 radical (unpaired) electrons. The number of benzene rings is 1. The number of nitrogens with two attached hydrogens (primary N) is 2. The van der Waals surface area contributed by atoms with Gasteiger partial charge in [0, 0.05) is 11.8 Å². The Bertz CT molecular complexity index is 435. The van der Waals surface area contributed by atoms with Gasteiger partial charge in [-0.05, 0) is 19.1 Å². The fourth-order valence-corrected chi connectivity index (χ4v) is 1.92. The standard InChI is InChI=1S/C11H16N4O2/c1-7-5-15(6-11(16)14-13)9-3-2-8(12)4-10(9)17-7/h2-4,7H,5-6,12-13H2,1H3,(H,14,16). The number of ether oxygens (including phenoxy) is 1. The largest absolute Gasteiger partial charge is 0.487 e. The molecule has 0 fully saturated rings. The fourth-order valence-electron chi connectivity index (χ4n) is 1.92. The Morgan fingerprint density at radius 3 is 3.12 bits per heavy atom. The third kappa shape index (κ3) is 2.42. The molecule has 1 aliphatic heterocycles. The van der Waals surface area contributed by atoms with E-state index in [2.05, 4.69) is 5.43 Å². The van der Waals surface area contributed by atoms with Crippen LogP contribution in [0.5, 0.6) is 5.75 Å². The van der Waals surface area contributed by atoms with Crippen molar-refractivity contribution >= 4 is 17.3 Å². The summed E-state index contributed by atoms with van der Waals surface area (Å²) in [6, 6.07) is 5.39. The second-order valence-electron chi connectivity index (χ2n) is 4.10. The average molecular weight is 236 g/mol. The van der Waals surface area contributed by atoms with Gasteiger partial charge < -0.3 is 15.4 Å². The monoisotopic (exact) mass is 236 g/mol. The molecular formula is C11H16N4O2. The number of hydrazine groups is 1. The number of amides is 1. The first-order chi connectivity index (χ1) is 8.10. The van der Waals surface area contributed by atoms with Crippen LogP contribution in [-0.4, -0.2) is 25.1 Å². The summed E-state index contributed by atoms with van der Waals surface area (Å²) in [6.45, 7) is 2.80. The van der Waals surface area contributed by atoms with Crippen LogP contribution in [0.15, 0.2) is 18.2 Å². The lowest BCUT2D eigenvalue weighted by atomic mass is 10.2. The topological polar surface area (TPSA) is 93.6 Å². The molecule has 0 saturated carbocycles. The maximum Gasteiger partial charge on any atom is 0.253 e. The molecule has 1 atom stereocenters. The van der Waals surface area contributed by atoms with Gasteiger partial charge in [-0.15, -0.1) is 0 Å². The van der Waals surface area contributed by atoms with Gasteiger partial charge in [-0.2, -0.15) is 0 Å². The van der Waals surface area contributed by atoms with E-state index in [9.17, 15) is 4.79 Å². The van der Waals surface area contributed by atoms with Crippen LogP contribution in [0.4, 0.5) is 11.4 Å². The van der Waals surface area contributed by atoms with Gasteiger partial charge in [0.05, 0.1) is 18.8 Å². The highest BCUT2D eigenvalue weighted by Crippen LogP contribution is 2.34. The van der Waals surface area contributed by atoms with Crippen LogP contribution in [0.25, 0.3) is 0 Å². The zero-order chi connectivity index (χ0) is 12.4. The second-order valence-corrected chi connectivity index (χ2v) is 4.10. The first-order valence-electron chi connectivity index (χ1n) is 5.40. The van der Waals surface area contributed by atoms with E-state index in [1.807, 2.05) is 17.9 Å². The molecule has 0 spiro atoms. The van der Waals surface area contributed by atoms with Crippen LogP contribution in [0.1, 0.15) is 6.92 Å². The van der Waals surface area contributed by atoms with Crippen molar-refractivity contribution in [1.29, 1.82) is 0 Å². The molecule has 0 aromatic heterocycles. The molecule has 1 aliphatic rings. The van der Waals surface area contributed by atoms with Gasteiger partial charge in [0.1, 0.15) is 11.9 Å². The zero-order valence-corrected chi connectivity index (χ0v) is 9.64. The summed E-state index contributed by atoms with van der Waals surface area (Å²) in [6.07, 6.45) is 0.00914. The summed E-state index contributed by atoms with van der Waals surface area (Å²) in [5, 5.41) is 0. The third-order valence-electron chi connectivity index (χ3n) is 2.63. The lowest BCUT2D eigenvalue weighted by molar-refractivity contribution is -0.119. The van der Waals surface area contributed by atoms with Gasteiger partial charge in [-0.1, -0.05) is 0 Å². The molecule has 6 heteroatoms. The molecular weight excluding hydrogens is 220 g/mol. The molecule has 17 heavy (non-hydrogen) atoms. The number of nitrogens with zero attached hydrogens (tertiary/aromatic N) is 1. The number of hydrogen-bond donors (Lipinski definition) is 3. The van der Waals surface area contributed by atoms with Crippen molar-refractivity contribution < 1.29 is 9.53 Å². The van der Waals surface area contributed by atoms with Gasteiger partial charge in [-0.3, -0.25) is 10.2 Å². The fraction of sp³-hybridized carbons (Fsp3) is 0.364. The molecule has 6 nitrogen and oxygen atoms in total. The average Bonchev–Trinajstić information content (AvgIpc) is 2.27. The molecule has 1 heterocycles. The predicted octanol–water partition coefficient (Wildman–Crippen LogP) is -0.154. The quantitative estimate of drug-likeness (QED) is 0.287. The predicted molar refractivity (Wildman–Crippen MR) is 65.5 cm³/mol. The van der Waals surface area contributed by atoms with Crippen molar-refractivity contribution in [2.45, 2.75) is 13.0 Å². The summed E-state index contributed by atoms with van der Waals surface area (Å²) < 4.78 is 5.67. The minimum atomic E-state index is -0.234. The second kappa shape index (κ2) is 4.50. The summed E-state index contributed by atoms with van der Waals surface area (Å²) >= 11 is 0. The molecule has 1 aromatic carbocycles. The summed E-state index contributed by atoms with van der Waals surface area (Å²) in [5.41, 5.74) is 9.33. The van der Waals surface area contributed by atoms with Crippen LogP contribution >= 0.6 is 0 Å². The maximum absolute atomic E-state index is 11.3. The first-order valence-corrected chi connectivity index (χ1v) is 5.40. The SMILES string of the molecule is CC1CN(CC(=O)NN)c2ccc(N)cc2O1. The van der Waals surface area contributed by atoms with Gasteiger partial charge in [-0.25, -0.2) is 5.84 Å². The van der Waals surface area contributed by atoms with Crippen molar-refractivity contribution in [2.75, 3.05) is 23.7 Å². The Balaban J connectivity index is 2.27. The van der Waals surface area contributed by atoms with Crippen molar-refractivity contribution in [3.05, 3.63) is 18.2 Å². The Hall–Kier alpha value is -1.95. The molecule has 1 amide bonds. The highest BCUT2D eigenvalue weighted by molar-refractivity contribution is 5.82. The molecule has 0 aliphatic carbocycles. The van der Waals surface area contributed by atoms with E-state index in [0.29, 0.717) is 18.0 Å². The Labute approximate surface area is 99.5 Å². The highest BCUT2D eigenvalue weighted by atomic mass is 16.5. The van der Waals surface area contributed by atoms with Crippen LogP contribution in [-0.2, 0) is 4.79 Å². The van der Waals surface area contributed by atoms with E-state index in [0.717, 1.165) is 5.69 Å². The summed E-state index contributed by atoms with van der Waals surface area (Å²) in [7, 11) is 0. The van der Waals surface area contributed by atoms with Gasteiger partial charge in [0.25, 0.3) is 5.91 Å². The van der Waals surface area contributed by atoms with E-state index in [1.165, 1.54) is 0 Å². The normalized spacial score (nSPS) is 18.2. The highest BCUT2D eigenvalue weighted by Gasteiger charge is 2.24. The van der Waals surface area contributed by atoms with Crippen LogP contribution in [0, 0.1) is 0 Å². The van der Waals surface area contributed by atoms with E-state index < -0.39 is 0 Å². The van der Waals surface area contributed by atoms with E-state index in [4.69, 9.17) is 16.3 Å². The van der Waals surface area contributed by atoms with E-state index >= 15 is 0 Å². The number of anilines is 2. The molecule has 1 unspecified atom stereocenters. The van der Waals surface area contributed by atoms with Crippen molar-refractivity contribution in [2.24, 2.45) is 5.84 Å². The van der Waals surface area contributed by atoms with Gasteiger partial charge in [0.2, 0.25) is 0 Å². The van der Waals surface area contributed by atoms with Crippen molar-refractivity contribution in [3.63, 3.8) is 0 Å². The molecule has 2 rings (SSSR count). The molecule has 0 saturated heterocycles. The zero-order valence-electron chi connectivity index (χ0n) is 9.64. The number of rotatable bonds is 2. The third-order valence-corrected chi connectivity index (χ3v) is 2.63. The van der Waals surface area contributed by atoms with Crippen molar-refractivity contribution in [1.82, 2.24) is 5.43 Å². The van der Waals surface area contributed by atoms with Crippen molar-refractivity contribution in [3.8, 4) is 5.75 Å². The van der Waals surface area contributed by atoms with E-state index in [-0.39, 0.29) is 18.6 Å². The van der Waals surface area contributed by atoms with Crippen LogP contribution in [0.3, 0.4) is 0 Å². The Morgan fingerprint density at radius 1 is 1.65 bits per heavy atom. The lowest BCUT2D eigenvalue weighted by Crippen LogP contribution is -2.45. The number of fused-ring (bicyclic) bond motifs is 1. The first kappa shape index (κ1) is 11.5. The number of carbonyl (C=O) groups excluding carboxylic acids is 1. The molecule has 5 N–H and O–H groups in total. The smallest absolute Gasteiger partial charge is 0.253 e. The minimum absolute atomic E-state index is 0.00914. The minimum Gasteiger partial charge on any atom is -0.487 e. The maximum atomic E-state index is 11.3. The number of nitrogens with one attached hydrogen (secondary N) is 1. The van der Waals surface area contributed by atoms with Crippen LogP contribution < -0.4 is 26.6 Å². The Kier molecular flexibility index (Phi) is 3.06. The lowest BCUT2D eigenvalue weighted by Gasteiger charge is -2.34. The molecule has 92 valence electrons. The summed E-state index contributed by atoms with van der Waals surface area (Å²) in [5.74, 6) is 5.56.